The van der Waals surface area contributed by atoms with E-state index in [1.54, 1.807) is 48.5 Å². The van der Waals surface area contributed by atoms with E-state index in [9.17, 15) is 9.59 Å². The Morgan fingerprint density at radius 3 is 2.59 bits per heavy atom. The molecule has 2 aromatic carbocycles. The van der Waals surface area contributed by atoms with Crippen LogP contribution in [-0.4, -0.2) is 54.7 Å². The number of hydrogen-bond acceptors (Lipinski definition) is 5. The minimum absolute atomic E-state index is 0.0152. The largest absolute Gasteiger partial charge is 0.490 e. The van der Waals surface area contributed by atoms with Crippen molar-refractivity contribution in [3.05, 3.63) is 59.7 Å². The van der Waals surface area contributed by atoms with Crippen LogP contribution >= 0.6 is 12.2 Å². The van der Waals surface area contributed by atoms with Crippen LogP contribution in [0, 0.1) is 0 Å². The third-order valence-electron chi connectivity index (χ3n) is 5.06. The number of benzene rings is 2. The average Bonchev–Trinajstić information content (AvgIpc) is 2.82. The highest BCUT2D eigenvalue weighted by Crippen LogP contribution is 2.19. The third-order valence-corrected chi connectivity index (χ3v) is 5.26. The summed E-state index contributed by atoms with van der Waals surface area (Å²) in [7, 11) is 0. The predicted molar refractivity (Wildman–Crippen MR) is 128 cm³/mol. The van der Waals surface area contributed by atoms with Gasteiger partial charge in [-0.15, -0.1) is 0 Å². The number of amides is 2. The Balaban J connectivity index is 1.59. The molecule has 8 heteroatoms. The van der Waals surface area contributed by atoms with Crippen molar-refractivity contribution >= 4 is 34.8 Å². The van der Waals surface area contributed by atoms with Gasteiger partial charge in [0, 0.05) is 30.9 Å². The van der Waals surface area contributed by atoms with E-state index < -0.39 is 0 Å². The van der Waals surface area contributed by atoms with Crippen molar-refractivity contribution in [3.63, 3.8) is 0 Å². The highest BCUT2D eigenvalue weighted by atomic mass is 32.1. The molecule has 1 heterocycles. The Labute approximate surface area is 194 Å². The molecule has 1 aliphatic rings. The van der Waals surface area contributed by atoms with Crippen LogP contribution in [0.3, 0.4) is 0 Å². The highest BCUT2D eigenvalue weighted by molar-refractivity contribution is 7.80. The Kier molecular flexibility index (Phi) is 9.01. The standard InChI is InChI=1S/C24H29N3O4S/c1-2-30-15-16-31-21-12-5-4-11-20(21)22(28)26-24(32)25-19-10-8-9-18(17-19)23(29)27-13-6-3-7-14-27/h4-5,8-12,17H,2-3,6-7,13-16H2,1H3,(H2,25,26,28,32). The van der Waals surface area contributed by atoms with Crippen LogP contribution in [0.1, 0.15) is 46.9 Å². The van der Waals surface area contributed by atoms with Crippen LogP contribution in [0.15, 0.2) is 48.5 Å². The zero-order valence-electron chi connectivity index (χ0n) is 18.3. The van der Waals surface area contributed by atoms with Crippen molar-refractivity contribution in [2.24, 2.45) is 0 Å². The number of anilines is 1. The first-order valence-corrected chi connectivity index (χ1v) is 11.3. The van der Waals surface area contributed by atoms with E-state index in [0.29, 0.717) is 42.4 Å². The fourth-order valence-electron chi connectivity index (χ4n) is 3.48. The summed E-state index contributed by atoms with van der Waals surface area (Å²) in [5.41, 5.74) is 1.61. The molecular weight excluding hydrogens is 426 g/mol. The number of para-hydroxylation sites is 1. The van der Waals surface area contributed by atoms with Gasteiger partial charge in [-0.3, -0.25) is 14.9 Å². The molecular formula is C24H29N3O4S. The molecule has 32 heavy (non-hydrogen) atoms. The summed E-state index contributed by atoms with van der Waals surface area (Å²) in [6.45, 7) is 4.89. The molecule has 3 rings (SSSR count). The van der Waals surface area contributed by atoms with Gasteiger partial charge in [0.2, 0.25) is 0 Å². The second-order valence-corrected chi connectivity index (χ2v) is 7.79. The van der Waals surface area contributed by atoms with Crippen molar-refractivity contribution in [1.29, 1.82) is 0 Å². The maximum atomic E-state index is 12.7. The van der Waals surface area contributed by atoms with Crippen LogP contribution < -0.4 is 15.4 Å². The van der Waals surface area contributed by atoms with E-state index in [1.807, 2.05) is 11.8 Å². The van der Waals surface area contributed by atoms with E-state index in [1.165, 1.54) is 6.42 Å². The number of rotatable bonds is 8. The molecule has 0 unspecified atom stereocenters. The molecule has 0 radical (unpaired) electrons. The first-order valence-electron chi connectivity index (χ1n) is 10.9. The fraction of sp³-hybridized carbons (Fsp3) is 0.375. The van der Waals surface area contributed by atoms with E-state index >= 15 is 0 Å². The summed E-state index contributed by atoms with van der Waals surface area (Å²) in [6, 6.07) is 14.1. The molecule has 2 N–H and O–H groups in total. The number of nitrogens with zero attached hydrogens (tertiary/aromatic N) is 1. The SMILES string of the molecule is CCOCCOc1ccccc1C(=O)NC(=S)Nc1cccc(C(=O)N2CCCCC2)c1. The smallest absolute Gasteiger partial charge is 0.261 e. The quantitative estimate of drug-likeness (QED) is 0.465. The summed E-state index contributed by atoms with van der Waals surface area (Å²) in [5.74, 6) is 0.0955. The monoisotopic (exact) mass is 455 g/mol. The van der Waals surface area contributed by atoms with Crippen LogP contribution in [0.5, 0.6) is 5.75 Å². The number of likely N-dealkylation sites (tertiary alicyclic amines) is 1. The minimum Gasteiger partial charge on any atom is -0.490 e. The average molecular weight is 456 g/mol. The number of piperidine rings is 1. The normalized spacial score (nSPS) is 13.3. The van der Waals surface area contributed by atoms with Crippen molar-refractivity contribution in [2.75, 3.05) is 38.2 Å². The van der Waals surface area contributed by atoms with Crippen LogP contribution in [0.2, 0.25) is 0 Å². The van der Waals surface area contributed by atoms with Gasteiger partial charge in [0.05, 0.1) is 12.2 Å². The van der Waals surface area contributed by atoms with Crippen LogP contribution in [0.25, 0.3) is 0 Å². The fourth-order valence-corrected chi connectivity index (χ4v) is 3.69. The van der Waals surface area contributed by atoms with Crippen molar-refractivity contribution < 1.29 is 19.1 Å². The third kappa shape index (κ3) is 6.77. The van der Waals surface area contributed by atoms with Crippen LogP contribution in [-0.2, 0) is 4.74 Å². The Morgan fingerprint density at radius 1 is 1.03 bits per heavy atom. The maximum Gasteiger partial charge on any atom is 0.261 e. The van der Waals surface area contributed by atoms with Gasteiger partial charge >= 0.3 is 0 Å². The summed E-state index contributed by atoms with van der Waals surface area (Å²) in [4.78, 5) is 27.3. The molecule has 0 saturated carbocycles. The predicted octanol–water partition coefficient (Wildman–Crippen LogP) is 3.85. The first-order chi connectivity index (χ1) is 15.6. The molecule has 1 aliphatic heterocycles. The van der Waals surface area contributed by atoms with Crippen molar-refractivity contribution in [2.45, 2.75) is 26.2 Å². The highest BCUT2D eigenvalue weighted by Gasteiger charge is 2.19. The number of hydrogen-bond donors (Lipinski definition) is 2. The first kappa shape index (κ1) is 23.7. The minimum atomic E-state index is -0.380. The molecule has 2 aromatic rings. The Morgan fingerprint density at radius 2 is 1.81 bits per heavy atom. The molecule has 1 fully saturated rings. The summed E-state index contributed by atoms with van der Waals surface area (Å²) in [6.07, 6.45) is 3.24. The maximum absolute atomic E-state index is 12.7. The topological polar surface area (TPSA) is 79.9 Å². The molecule has 1 saturated heterocycles. The molecule has 0 aliphatic carbocycles. The number of carbonyl (C=O) groups is 2. The summed E-state index contributed by atoms with van der Waals surface area (Å²) >= 11 is 5.31. The van der Waals surface area contributed by atoms with Gasteiger partial charge in [-0.1, -0.05) is 18.2 Å². The van der Waals surface area contributed by atoms with E-state index in [4.69, 9.17) is 21.7 Å². The van der Waals surface area contributed by atoms with Gasteiger partial charge < -0.3 is 19.7 Å². The van der Waals surface area contributed by atoms with E-state index in [-0.39, 0.29) is 16.9 Å². The number of thiocarbonyl (C=S) groups is 1. The van der Waals surface area contributed by atoms with Crippen LogP contribution in [0.4, 0.5) is 5.69 Å². The Hall–Kier alpha value is -2.97. The molecule has 0 bridgehead atoms. The molecule has 0 spiro atoms. The van der Waals surface area contributed by atoms with E-state index in [0.717, 1.165) is 25.9 Å². The molecule has 0 aromatic heterocycles. The molecule has 7 nitrogen and oxygen atoms in total. The summed E-state index contributed by atoms with van der Waals surface area (Å²) < 4.78 is 10.9. The van der Waals surface area contributed by atoms with E-state index in [2.05, 4.69) is 10.6 Å². The lowest BCUT2D eigenvalue weighted by Gasteiger charge is -2.26. The molecule has 170 valence electrons. The lowest BCUT2D eigenvalue weighted by Crippen LogP contribution is -2.36. The zero-order chi connectivity index (χ0) is 22.8. The zero-order valence-corrected chi connectivity index (χ0v) is 19.1. The molecule has 0 atom stereocenters. The van der Waals surface area contributed by atoms with Gasteiger partial charge in [0.1, 0.15) is 12.4 Å². The number of nitrogens with one attached hydrogen (secondary N) is 2. The lowest BCUT2D eigenvalue weighted by atomic mass is 10.1. The van der Waals surface area contributed by atoms with Gasteiger partial charge in [0.15, 0.2) is 5.11 Å². The number of carbonyl (C=O) groups excluding carboxylic acids is 2. The second-order valence-electron chi connectivity index (χ2n) is 7.38. The number of ether oxygens (including phenoxy) is 2. The second kappa shape index (κ2) is 12.2. The lowest BCUT2D eigenvalue weighted by molar-refractivity contribution is 0.0724. The van der Waals surface area contributed by atoms with Crippen molar-refractivity contribution in [1.82, 2.24) is 10.2 Å². The van der Waals surface area contributed by atoms with Gasteiger partial charge in [-0.25, -0.2) is 0 Å². The summed E-state index contributed by atoms with van der Waals surface area (Å²) in [5, 5.41) is 5.80. The van der Waals surface area contributed by atoms with Crippen molar-refractivity contribution in [3.8, 4) is 5.75 Å². The molecule has 2 amide bonds. The van der Waals surface area contributed by atoms with Gasteiger partial charge in [0.25, 0.3) is 11.8 Å². The van der Waals surface area contributed by atoms with Gasteiger partial charge in [-0.2, -0.15) is 0 Å². The van der Waals surface area contributed by atoms with Gasteiger partial charge in [-0.05, 0) is 68.7 Å². The Bertz CT molecular complexity index is 944.